The van der Waals surface area contributed by atoms with Crippen molar-refractivity contribution in [3.63, 3.8) is 0 Å². The number of Topliss-reactive ketones (excluding diaryl/α,β-unsaturated/α-hetero) is 1. The number of methoxy groups -OCH3 is 1. The molecule has 8 heteroatoms. The van der Waals surface area contributed by atoms with Crippen LogP contribution in [0.15, 0.2) is 66.5 Å². The van der Waals surface area contributed by atoms with Crippen LogP contribution in [-0.4, -0.2) is 28.9 Å². The molecule has 1 unspecified atom stereocenters. The van der Waals surface area contributed by atoms with Crippen LogP contribution in [0.25, 0.3) is 5.76 Å². The van der Waals surface area contributed by atoms with E-state index in [0.717, 1.165) is 28.7 Å². The third-order valence-corrected chi connectivity index (χ3v) is 5.95. The minimum atomic E-state index is -1.22. The lowest BCUT2D eigenvalue weighted by molar-refractivity contribution is -0.132. The van der Waals surface area contributed by atoms with Gasteiger partial charge in [0, 0.05) is 18.5 Å². The summed E-state index contributed by atoms with van der Waals surface area (Å²) < 4.78 is 34.3. The molecule has 35 heavy (non-hydrogen) atoms. The Labute approximate surface area is 201 Å². The van der Waals surface area contributed by atoms with Crippen molar-refractivity contribution in [1.82, 2.24) is 4.98 Å². The van der Waals surface area contributed by atoms with E-state index in [2.05, 4.69) is 4.98 Å². The molecule has 1 saturated heterocycles. The van der Waals surface area contributed by atoms with Gasteiger partial charge in [0.25, 0.3) is 11.7 Å². The molecule has 1 N–H and O–H groups in total. The molecule has 1 aliphatic rings. The first-order valence-corrected chi connectivity index (χ1v) is 10.9. The number of aliphatic hydroxyl groups excluding tert-OH is 1. The number of rotatable bonds is 4. The Hall–Kier alpha value is -4.07. The van der Waals surface area contributed by atoms with E-state index in [-0.39, 0.29) is 22.3 Å². The monoisotopic (exact) mass is 478 g/mol. The first-order valence-electron chi connectivity index (χ1n) is 10.9. The molecule has 1 atom stereocenters. The van der Waals surface area contributed by atoms with Crippen molar-refractivity contribution >= 4 is 23.1 Å². The number of halogens is 2. The molecule has 0 spiro atoms. The molecule has 2 aromatic carbocycles. The summed E-state index contributed by atoms with van der Waals surface area (Å²) in [6, 6.07) is 9.69. The number of nitrogens with zero attached hydrogens (tertiary/aromatic N) is 2. The molecule has 0 bridgehead atoms. The predicted molar refractivity (Wildman–Crippen MR) is 127 cm³/mol. The van der Waals surface area contributed by atoms with Crippen molar-refractivity contribution < 1.29 is 28.2 Å². The number of anilines is 1. The highest BCUT2D eigenvalue weighted by atomic mass is 19.1. The van der Waals surface area contributed by atoms with Crippen LogP contribution in [0.3, 0.4) is 0 Å². The maximum Gasteiger partial charge on any atom is 0.300 e. The lowest BCUT2D eigenvalue weighted by Gasteiger charge is -2.26. The fourth-order valence-electron chi connectivity index (χ4n) is 4.12. The van der Waals surface area contributed by atoms with Gasteiger partial charge in [-0.05, 0) is 52.9 Å². The topological polar surface area (TPSA) is 79.7 Å². The van der Waals surface area contributed by atoms with E-state index in [1.165, 1.54) is 31.6 Å². The van der Waals surface area contributed by atoms with Gasteiger partial charge in [-0.15, -0.1) is 0 Å². The summed E-state index contributed by atoms with van der Waals surface area (Å²) in [6.45, 7) is 5.96. The minimum Gasteiger partial charge on any atom is -0.507 e. The third kappa shape index (κ3) is 4.27. The van der Waals surface area contributed by atoms with Crippen molar-refractivity contribution in [2.24, 2.45) is 0 Å². The Kier molecular flexibility index (Phi) is 6.15. The van der Waals surface area contributed by atoms with Crippen LogP contribution < -0.4 is 9.64 Å². The van der Waals surface area contributed by atoms with Crippen molar-refractivity contribution in [3.05, 3.63) is 94.8 Å². The van der Waals surface area contributed by atoms with E-state index in [0.29, 0.717) is 5.56 Å². The highest BCUT2D eigenvalue weighted by Gasteiger charge is 2.48. The lowest BCUT2D eigenvalue weighted by atomic mass is 9.85. The quantitative estimate of drug-likeness (QED) is 0.313. The van der Waals surface area contributed by atoms with Gasteiger partial charge in [0.1, 0.15) is 23.1 Å². The van der Waals surface area contributed by atoms with Gasteiger partial charge in [0.2, 0.25) is 0 Å². The Morgan fingerprint density at radius 3 is 2.34 bits per heavy atom. The summed E-state index contributed by atoms with van der Waals surface area (Å²) in [6.07, 6.45) is 2.89. The average Bonchev–Trinajstić information content (AvgIpc) is 3.10. The highest BCUT2D eigenvalue weighted by molar-refractivity contribution is 6.51. The van der Waals surface area contributed by atoms with E-state index in [1.54, 1.807) is 12.1 Å². The second kappa shape index (κ2) is 8.94. The second-order valence-corrected chi connectivity index (χ2v) is 9.21. The molecule has 180 valence electrons. The van der Waals surface area contributed by atoms with Gasteiger partial charge in [-0.1, -0.05) is 26.8 Å². The standard InChI is InChI=1S/C27H24F2N2O4/c1-27(2,3)16-5-8-21(35-4)18(13-16)24(32)22-23(15-9-11-30-12-10-15)31(26(34)25(22)33)20-14-17(28)6-7-19(20)29/h5-14,23,32H,1-4H3/b24-22+. The number of hydrogen-bond donors (Lipinski definition) is 1. The molecule has 0 radical (unpaired) electrons. The molecule has 1 amide bonds. The van der Waals surface area contributed by atoms with Crippen molar-refractivity contribution in [2.45, 2.75) is 32.2 Å². The Morgan fingerprint density at radius 1 is 1.03 bits per heavy atom. The smallest absolute Gasteiger partial charge is 0.300 e. The number of aliphatic hydroxyl groups is 1. The summed E-state index contributed by atoms with van der Waals surface area (Å²) in [4.78, 5) is 31.3. The third-order valence-electron chi connectivity index (χ3n) is 5.95. The van der Waals surface area contributed by atoms with E-state index >= 15 is 0 Å². The minimum absolute atomic E-state index is 0.205. The molecule has 1 aliphatic heterocycles. The van der Waals surface area contributed by atoms with Gasteiger partial charge in [-0.25, -0.2) is 8.78 Å². The average molecular weight is 478 g/mol. The molecule has 3 aromatic rings. The van der Waals surface area contributed by atoms with Gasteiger partial charge in [-0.2, -0.15) is 0 Å². The summed E-state index contributed by atoms with van der Waals surface area (Å²) in [7, 11) is 1.42. The number of carbonyl (C=O) groups is 2. The van der Waals surface area contributed by atoms with Crippen LogP contribution in [0.4, 0.5) is 14.5 Å². The SMILES string of the molecule is COc1ccc(C(C)(C)C)cc1/C(O)=C1\C(=O)C(=O)N(c2cc(F)ccc2F)C1c1ccncc1. The van der Waals surface area contributed by atoms with Crippen LogP contribution in [0.1, 0.15) is 43.5 Å². The fourth-order valence-corrected chi connectivity index (χ4v) is 4.12. The maximum atomic E-state index is 14.8. The van der Waals surface area contributed by atoms with Crippen LogP contribution in [-0.2, 0) is 15.0 Å². The number of carbonyl (C=O) groups excluding carboxylic acids is 2. The summed E-state index contributed by atoms with van der Waals surface area (Å²) in [5.74, 6) is -3.99. The van der Waals surface area contributed by atoms with Gasteiger partial charge >= 0.3 is 0 Å². The lowest BCUT2D eigenvalue weighted by Crippen LogP contribution is -2.30. The number of aromatic nitrogens is 1. The summed E-state index contributed by atoms with van der Waals surface area (Å²) in [5.41, 5.74) is 0.471. The van der Waals surface area contributed by atoms with Crippen molar-refractivity contribution in [2.75, 3.05) is 12.0 Å². The van der Waals surface area contributed by atoms with E-state index < -0.39 is 40.8 Å². The van der Waals surface area contributed by atoms with E-state index in [4.69, 9.17) is 4.74 Å². The molecule has 1 aromatic heterocycles. The Balaban J connectivity index is 2.02. The predicted octanol–water partition coefficient (Wildman–Crippen LogP) is 5.29. The first kappa shape index (κ1) is 24.1. The zero-order valence-corrected chi connectivity index (χ0v) is 19.7. The Bertz CT molecular complexity index is 1350. The number of ketones is 1. The summed E-state index contributed by atoms with van der Waals surface area (Å²) >= 11 is 0. The van der Waals surface area contributed by atoms with Crippen LogP contribution in [0, 0.1) is 11.6 Å². The van der Waals surface area contributed by atoms with Crippen molar-refractivity contribution in [1.29, 1.82) is 0 Å². The number of ether oxygens (including phenoxy) is 1. The second-order valence-electron chi connectivity index (χ2n) is 9.21. The van der Waals surface area contributed by atoms with E-state index in [9.17, 15) is 23.5 Å². The maximum absolute atomic E-state index is 14.8. The molecule has 1 fully saturated rings. The first-order chi connectivity index (χ1) is 16.5. The number of hydrogen-bond acceptors (Lipinski definition) is 5. The largest absolute Gasteiger partial charge is 0.507 e. The number of benzene rings is 2. The van der Waals surface area contributed by atoms with Crippen molar-refractivity contribution in [3.8, 4) is 5.75 Å². The van der Waals surface area contributed by atoms with Crippen LogP contribution in [0.5, 0.6) is 5.75 Å². The van der Waals surface area contributed by atoms with Gasteiger partial charge < -0.3 is 9.84 Å². The molecule has 2 heterocycles. The molecule has 0 saturated carbocycles. The van der Waals surface area contributed by atoms with Gasteiger partial charge in [-0.3, -0.25) is 19.5 Å². The number of amides is 1. The zero-order chi connectivity index (χ0) is 25.5. The fraction of sp³-hybridized carbons (Fsp3) is 0.222. The normalized spacial score (nSPS) is 17.7. The van der Waals surface area contributed by atoms with Crippen LogP contribution in [0.2, 0.25) is 0 Å². The van der Waals surface area contributed by atoms with E-state index in [1.807, 2.05) is 26.8 Å². The molecule has 4 rings (SSSR count). The summed E-state index contributed by atoms with van der Waals surface area (Å²) in [5, 5.41) is 11.4. The molecular formula is C27H24F2N2O4. The van der Waals surface area contributed by atoms with Crippen LogP contribution >= 0.6 is 0 Å². The van der Waals surface area contributed by atoms with Gasteiger partial charge in [0.05, 0.1) is 30.0 Å². The van der Waals surface area contributed by atoms with Gasteiger partial charge in [0.15, 0.2) is 0 Å². The highest BCUT2D eigenvalue weighted by Crippen LogP contribution is 2.44. The molecule has 0 aliphatic carbocycles. The zero-order valence-electron chi connectivity index (χ0n) is 19.7. The molecular weight excluding hydrogens is 454 g/mol. The molecule has 6 nitrogen and oxygen atoms in total. The Morgan fingerprint density at radius 2 is 1.71 bits per heavy atom. The number of pyridine rings is 1.